The van der Waals surface area contributed by atoms with E-state index in [2.05, 4.69) is 10.6 Å². The van der Waals surface area contributed by atoms with Crippen LogP contribution in [-0.4, -0.2) is 38.9 Å². The van der Waals surface area contributed by atoms with Gasteiger partial charge in [-0.1, -0.05) is 25.4 Å². The summed E-state index contributed by atoms with van der Waals surface area (Å²) in [7, 11) is -3.84. The average molecular weight is 482 g/mol. The van der Waals surface area contributed by atoms with E-state index in [1.54, 1.807) is 12.1 Å². The molecule has 0 saturated carbocycles. The SMILES string of the molecule is CC(C)CC(NC(=O)c1ccc(Cl)cc1)C(=O)OCC(=O)Nc1ccc(S(N)(=O)=O)cc1. The van der Waals surface area contributed by atoms with Crippen LogP contribution in [0.3, 0.4) is 0 Å². The molecule has 0 aliphatic carbocycles. The van der Waals surface area contributed by atoms with E-state index >= 15 is 0 Å². The molecule has 2 rings (SSSR count). The molecule has 1 atom stereocenters. The molecule has 0 fully saturated rings. The fraction of sp³-hybridized carbons (Fsp3) is 0.286. The summed E-state index contributed by atoms with van der Waals surface area (Å²) in [6.45, 7) is 3.18. The molecule has 0 aliphatic rings. The zero-order valence-electron chi connectivity index (χ0n) is 17.5. The molecule has 2 aromatic carbocycles. The van der Waals surface area contributed by atoms with Gasteiger partial charge >= 0.3 is 5.97 Å². The van der Waals surface area contributed by atoms with Crippen LogP contribution in [0.1, 0.15) is 30.6 Å². The van der Waals surface area contributed by atoms with Crippen LogP contribution >= 0.6 is 11.6 Å². The molecular weight excluding hydrogens is 458 g/mol. The molecule has 2 amide bonds. The maximum Gasteiger partial charge on any atom is 0.329 e. The zero-order chi connectivity index (χ0) is 23.9. The van der Waals surface area contributed by atoms with Gasteiger partial charge in [0.1, 0.15) is 6.04 Å². The number of esters is 1. The number of rotatable bonds is 9. The molecule has 9 nitrogen and oxygen atoms in total. The van der Waals surface area contributed by atoms with Gasteiger partial charge in [-0.3, -0.25) is 9.59 Å². The Labute approximate surface area is 191 Å². The molecule has 11 heteroatoms. The number of carbonyl (C=O) groups is 3. The van der Waals surface area contributed by atoms with Crippen LogP contribution in [0, 0.1) is 5.92 Å². The number of benzene rings is 2. The maximum atomic E-state index is 12.5. The van der Waals surface area contributed by atoms with Crippen molar-refractivity contribution in [2.24, 2.45) is 11.1 Å². The highest BCUT2D eigenvalue weighted by atomic mass is 35.5. The molecule has 2 aromatic rings. The van der Waals surface area contributed by atoms with Crippen LogP contribution in [0.4, 0.5) is 5.69 Å². The Kier molecular flexibility index (Phi) is 8.76. The summed E-state index contributed by atoms with van der Waals surface area (Å²) in [6.07, 6.45) is 0.314. The lowest BCUT2D eigenvalue weighted by molar-refractivity contribution is -0.149. The van der Waals surface area contributed by atoms with Gasteiger partial charge in [0, 0.05) is 16.3 Å². The lowest BCUT2D eigenvalue weighted by Gasteiger charge is -2.19. The van der Waals surface area contributed by atoms with Crippen molar-refractivity contribution >= 4 is 45.1 Å². The number of nitrogens with one attached hydrogen (secondary N) is 2. The van der Waals surface area contributed by atoms with E-state index in [4.69, 9.17) is 21.5 Å². The smallest absolute Gasteiger partial charge is 0.329 e. The monoisotopic (exact) mass is 481 g/mol. The third-order valence-corrected chi connectivity index (χ3v) is 5.40. The molecule has 0 aliphatic heterocycles. The van der Waals surface area contributed by atoms with Crippen LogP contribution in [0.25, 0.3) is 0 Å². The predicted molar refractivity (Wildman–Crippen MR) is 120 cm³/mol. The Hall–Kier alpha value is -2.95. The van der Waals surface area contributed by atoms with Gasteiger partial charge in [-0.05, 0) is 60.9 Å². The van der Waals surface area contributed by atoms with Gasteiger partial charge in [0.15, 0.2) is 6.61 Å². The minimum absolute atomic E-state index is 0.0734. The number of sulfonamides is 1. The van der Waals surface area contributed by atoms with E-state index in [0.717, 1.165) is 0 Å². The minimum Gasteiger partial charge on any atom is -0.454 e. The summed E-state index contributed by atoms with van der Waals surface area (Å²) in [5.74, 6) is -1.78. The minimum atomic E-state index is -3.84. The topological polar surface area (TPSA) is 145 Å². The fourth-order valence-electron chi connectivity index (χ4n) is 2.69. The van der Waals surface area contributed by atoms with Crippen molar-refractivity contribution in [1.82, 2.24) is 5.32 Å². The quantitative estimate of drug-likeness (QED) is 0.468. The van der Waals surface area contributed by atoms with Crippen molar-refractivity contribution in [1.29, 1.82) is 0 Å². The van der Waals surface area contributed by atoms with Crippen LogP contribution in [0.2, 0.25) is 5.02 Å². The van der Waals surface area contributed by atoms with Gasteiger partial charge in [0.2, 0.25) is 10.0 Å². The van der Waals surface area contributed by atoms with E-state index in [1.807, 2.05) is 13.8 Å². The summed E-state index contributed by atoms with van der Waals surface area (Å²) >= 11 is 5.82. The van der Waals surface area contributed by atoms with E-state index in [9.17, 15) is 22.8 Å². The molecular formula is C21H24ClN3O6S. The molecule has 0 spiro atoms. The lowest BCUT2D eigenvalue weighted by atomic mass is 10.0. The molecule has 0 bridgehead atoms. The molecule has 1 unspecified atom stereocenters. The van der Waals surface area contributed by atoms with Gasteiger partial charge in [-0.25, -0.2) is 18.4 Å². The van der Waals surface area contributed by atoms with E-state index < -0.39 is 40.5 Å². The largest absolute Gasteiger partial charge is 0.454 e. The molecule has 0 saturated heterocycles. The van der Waals surface area contributed by atoms with E-state index in [1.165, 1.54) is 36.4 Å². The lowest BCUT2D eigenvalue weighted by Crippen LogP contribution is -2.43. The van der Waals surface area contributed by atoms with Crippen molar-refractivity contribution in [3.05, 3.63) is 59.1 Å². The summed E-state index contributed by atoms with van der Waals surface area (Å²) in [5, 5.41) is 10.6. The zero-order valence-corrected chi connectivity index (χ0v) is 19.1. The Morgan fingerprint density at radius 3 is 2.16 bits per heavy atom. The normalized spacial score (nSPS) is 12.2. The second-order valence-corrected chi connectivity index (χ2v) is 9.39. The van der Waals surface area contributed by atoms with Crippen molar-refractivity contribution in [3.8, 4) is 0 Å². The fourth-order valence-corrected chi connectivity index (χ4v) is 3.33. The maximum absolute atomic E-state index is 12.5. The predicted octanol–water partition coefficient (Wildman–Crippen LogP) is 2.31. The number of carbonyl (C=O) groups excluding carboxylic acids is 3. The second-order valence-electron chi connectivity index (χ2n) is 7.39. The van der Waals surface area contributed by atoms with Crippen molar-refractivity contribution in [3.63, 3.8) is 0 Å². The van der Waals surface area contributed by atoms with Gasteiger partial charge in [-0.2, -0.15) is 0 Å². The Morgan fingerprint density at radius 2 is 1.62 bits per heavy atom. The van der Waals surface area contributed by atoms with E-state index in [0.29, 0.717) is 22.7 Å². The molecule has 4 N–H and O–H groups in total. The van der Waals surface area contributed by atoms with Gasteiger partial charge in [-0.15, -0.1) is 0 Å². The summed E-state index contributed by atoms with van der Waals surface area (Å²) in [5.41, 5.74) is 0.630. The number of anilines is 1. The first-order chi connectivity index (χ1) is 15.0. The number of hydrogen-bond donors (Lipinski definition) is 3. The Morgan fingerprint density at radius 1 is 1.03 bits per heavy atom. The summed E-state index contributed by atoms with van der Waals surface area (Å²) in [4.78, 5) is 36.9. The number of amides is 2. The van der Waals surface area contributed by atoms with Crippen LogP contribution in [0.5, 0.6) is 0 Å². The third kappa shape index (κ3) is 7.95. The number of nitrogens with two attached hydrogens (primary N) is 1. The van der Waals surface area contributed by atoms with Crippen LogP contribution in [0.15, 0.2) is 53.4 Å². The summed E-state index contributed by atoms with van der Waals surface area (Å²) < 4.78 is 27.6. The number of ether oxygens (including phenoxy) is 1. The molecule has 172 valence electrons. The first kappa shape index (κ1) is 25.3. The number of primary sulfonamides is 1. The Bertz CT molecular complexity index is 1070. The second kappa shape index (κ2) is 11.1. The molecule has 32 heavy (non-hydrogen) atoms. The van der Waals surface area contributed by atoms with Crippen molar-refractivity contribution in [2.75, 3.05) is 11.9 Å². The van der Waals surface area contributed by atoms with Crippen LogP contribution in [-0.2, 0) is 24.3 Å². The Balaban J connectivity index is 1.94. The first-order valence-electron chi connectivity index (χ1n) is 9.61. The highest BCUT2D eigenvalue weighted by molar-refractivity contribution is 7.89. The van der Waals surface area contributed by atoms with Crippen molar-refractivity contribution in [2.45, 2.75) is 31.2 Å². The van der Waals surface area contributed by atoms with Gasteiger partial charge in [0.05, 0.1) is 4.90 Å². The third-order valence-electron chi connectivity index (χ3n) is 4.22. The summed E-state index contributed by atoms with van der Waals surface area (Å²) in [6, 6.07) is 10.4. The molecule has 0 radical (unpaired) electrons. The van der Waals surface area contributed by atoms with Gasteiger partial charge < -0.3 is 15.4 Å². The standard InChI is InChI=1S/C21H24ClN3O6S/c1-13(2)11-18(25-20(27)14-3-5-15(22)6-4-14)21(28)31-12-19(26)24-16-7-9-17(10-8-16)32(23,29)30/h3-10,13,18H,11-12H2,1-2H3,(H,24,26)(H,25,27)(H2,23,29,30). The average Bonchev–Trinajstić information content (AvgIpc) is 2.71. The highest BCUT2D eigenvalue weighted by Gasteiger charge is 2.24. The molecule has 0 aromatic heterocycles. The number of halogens is 1. The van der Waals surface area contributed by atoms with Crippen molar-refractivity contribution < 1.29 is 27.5 Å². The molecule has 0 heterocycles. The van der Waals surface area contributed by atoms with Gasteiger partial charge in [0.25, 0.3) is 11.8 Å². The van der Waals surface area contributed by atoms with Crippen LogP contribution < -0.4 is 15.8 Å². The van der Waals surface area contributed by atoms with E-state index in [-0.39, 0.29) is 10.8 Å². The number of hydrogen-bond acceptors (Lipinski definition) is 6. The highest BCUT2D eigenvalue weighted by Crippen LogP contribution is 2.14. The first-order valence-corrected chi connectivity index (χ1v) is 11.5.